The average molecular weight is 270 g/mol. The summed E-state index contributed by atoms with van der Waals surface area (Å²) >= 11 is 0. The van der Waals surface area contributed by atoms with Crippen LogP contribution in [0.3, 0.4) is 0 Å². The summed E-state index contributed by atoms with van der Waals surface area (Å²) in [6.07, 6.45) is 3.69. The number of hydrogen-bond acceptors (Lipinski definition) is 3. The molecule has 106 valence electrons. The lowest BCUT2D eigenvalue weighted by molar-refractivity contribution is 0.305. The molecule has 0 aliphatic carbocycles. The fourth-order valence-corrected chi connectivity index (χ4v) is 2.16. The summed E-state index contributed by atoms with van der Waals surface area (Å²) in [7, 11) is 0. The van der Waals surface area contributed by atoms with Crippen LogP contribution in [-0.4, -0.2) is 11.5 Å². The van der Waals surface area contributed by atoms with Crippen molar-refractivity contribution < 1.29 is 4.74 Å². The van der Waals surface area contributed by atoms with Crippen molar-refractivity contribution in [2.75, 3.05) is 6.54 Å². The van der Waals surface area contributed by atoms with Crippen molar-refractivity contribution in [1.29, 1.82) is 0 Å². The Morgan fingerprint density at radius 1 is 1.25 bits per heavy atom. The molecule has 0 saturated carbocycles. The predicted octanol–water partition coefficient (Wildman–Crippen LogP) is 3.64. The molecule has 0 saturated heterocycles. The van der Waals surface area contributed by atoms with E-state index in [0.717, 1.165) is 23.4 Å². The van der Waals surface area contributed by atoms with E-state index in [1.54, 1.807) is 0 Å². The number of hydrogen-bond donors (Lipinski definition) is 1. The SMILES string of the molecule is CCNC(C)c1cccc(OCc2cncc(C)c2)c1. The van der Waals surface area contributed by atoms with Crippen molar-refractivity contribution in [3.8, 4) is 5.75 Å². The minimum atomic E-state index is 0.337. The Labute approximate surface area is 121 Å². The summed E-state index contributed by atoms with van der Waals surface area (Å²) in [5.74, 6) is 0.897. The molecule has 3 nitrogen and oxygen atoms in total. The zero-order chi connectivity index (χ0) is 14.4. The Hall–Kier alpha value is -1.87. The normalized spacial score (nSPS) is 12.2. The monoisotopic (exact) mass is 270 g/mol. The van der Waals surface area contributed by atoms with Gasteiger partial charge in [-0.25, -0.2) is 0 Å². The number of rotatable bonds is 6. The molecule has 1 heterocycles. The van der Waals surface area contributed by atoms with Gasteiger partial charge in [0, 0.05) is 24.0 Å². The number of aryl methyl sites for hydroxylation is 1. The van der Waals surface area contributed by atoms with Gasteiger partial charge in [0.15, 0.2) is 0 Å². The first kappa shape index (κ1) is 14.5. The van der Waals surface area contributed by atoms with E-state index in [1.807, 2.05) is 31.5 Å². The molecule has 20 heavy (non-hydrogen) atoms. The van der Waals surface area contributed by atoms with E-state index in [1.165, 1.54) is 5.56 Å². The third-order valence-corrected chi connectivity index (χ3v) is 3.21. The summed E-state index contributed by atoms with van der Waals surface area (Å²) in [6, 6.07) is 10.7. The fourth-order valence-electron chi connectivity index (χ4n) is 2.16. The molecule has 0 radical (unpaired) electrons. The number of benzene rings is 1. The summed E-state index contributed by atoms with van der Waals surface area (Å²) in [5.41, 5.74) is 3.49. The Morgan fingerprint density at radius 3 is 2.85 bits per heavy atom. The van der Waals surface area contributed by atoms with E-state index in [0.29, 0.717) is 12.6 Å². The molecule has 0 fully saturated rings. The second-order valence-electron chi connectivity index (χ2n) is 5.01. The Kier molecular flexibility index (Phi) is 5.13. The van der Waals surface area contributed by atoms with Crippen molar-refractivity contribution in [3.63, 3.8) is 0 Å². The molecule has 1 atom stereocenters. The van der Waals surface area contributed by atoms with Crippen molar-refractivity contribution in [1.82, 2.24) is 10.3 Å². The van der Waals surface area contributed by atoms with Gasteiger partial charge < -0.3 is 10.1 Å². The highest BCUT2D eigenvalue weighted by Crippen LogP contribution is 2.20. The van der Waals surface area contributed by atoms with E-state index in [4.69, 9.17) is 4.74 Å². The van der Waals surface area contributed by atoms with E-state index < -0.39 is 0 Å². The lowest BCUT2D eigenvalue weighted by Gasteiger charge is -2.14. The van der Waals surface area contributed by atoms with Gasteiger partial charge in [0.1, 0.15) is 12.4 Å². The van der Waals surface area contributed by atoms with Crippen LogP contribution in [0.25, 0.3) is 0 Å². The van der Waals surface area contributed by atoms with Crippen LogP contribution in [0.1, 0.15) is 36.6 Å². The average Bonchev–Trinajstić information content (AvgIpc) is 2.46. The predicted molar refractivity (Wildman–Crippen MR) is 81.8 cm³/mol. The van der Waals surface area contributed by atoms with Crippen molar-refractivity contribution in [2.24, 2.45) is 0 Å². The zero-order valence-electron chi connectivity index (χ0n) is 12.4. The van der Waals surface area contributed by atoms with Gasteiger partial charge >= 0.3 is 0 Å². The second kappa shape index (κ2) is 7.06. The lowest BCUT2D eigenvalue weighted by atomic mass is 10.1. The highest BCUT2D eigenvalue weighted by Gasteiger charge is 2.05. The van der Waals surface area contributed by atoms with Gasteiger partial charge in [0.2, 0.25) is 0 Å². The molecule has 1 unspecified atom stereocenters. The smallest absolute Gasteiger partial charge is 0.120 e. The van der Waals surface area contributed by atoms with Gasteiger partial charge in [-0.05, 0) is 49.7 Å². The number of pyridine rings is 1. The largest absolute Gasteiger partial charge is 0.489 e. The molecule has 0 amide bonds. The maximum Gasteiger partial charge on any atom is 0.120 e. The molecule has 3 heteroatoms. The molecule has 0 spiro atoms. The second-order valence-corrected chi connectivity index (χ2v) is 5.01. The first-order chi connectivity index (χ1) is 9.69. The van der Waals surface area contributed by atoms with Crippen molar-refractivity contribution in [2.45, 2.75) is 33.4 Å². The number of aromatic nitrogens is 1. The number of nitrogens with zero attached hydrogens (tertiary/aromatic N) is 1. The van der Waals surface area contributed by atoms with Gasteiger partial charge in [-0.2, -0.15) is 0 Å². The van der Waals surface area contributed by atoms with E-state index >= 15 is 0 Å². The van der Waals surface area contributed by atoms with Crippen molar-refractivity contribution in [3.05, 3.63) is 59.4 Å². The molecule has 0 aliphatic heterocycles. The highest BCUT2D eigenvalue weighted by molar-refractivity contribution is 5.30. The van der Waals surface area contributed by atoms with Gasteiger partial charge in [0.05, 0.1) is 0 Å². The molecule has 2 rings (SSSR count). The third-order valence-electron chi connectivity index (χ3n) is 3.21. The summed E-state index contributed by atoms with van der Waals surface area (Å²) in [4.78, 5) is 4.18. The van der Waals surface area contributed by atoms with E-state index in [-0.39, 0.29) is 0 Å². The molecular weight excluding hydrogens is 248 g/mol. The molecule has 0 bridgehead atoms. The van der Waals surface area contributed by atoms with Gasteiger partial charge in [-0.3, -0.25) is 4.98 Å². The molecular formula is C17H22N2O. The molecule has 1 aromatic heterocycles. The maximum atomic E-state index is 5.85. The van der Waals surface area contributed by atoms with Crippen molar-refractivity contribution >= 4 is 0 Å². The minimum Gasteiger partial charge on any atom is -0.489 e. The molecule has 1 aromatic carbocycles. The lowest BCUT2D eigenvalue weighted by Crippen LogP contribution is -2.17. The molecule has 1 N–H and O–H groups in total. The van der Waals surface area contributed by atoms with Crippen LogP contribution in [-0.2, 0) is 6.61 Å². The topological polar surface area (TPSA) is 34.1 Å². The van der Waals surface area contributed by atoms with Crippen LogP contribution < -0.4 is 10.1 Å². The van der Waals surface area contributed by atoms with Crippen LogP contribution in [0.2, 0.25) is 0 Å². The van der Waals surface area contributed by atoms with Gasteiger partial charge in [0.25, 0.3) is 0 Å². The first-order valence-corrected chi connectivity index (χ1v) is 7.05. The molecule has 0 aliphatic rings. The zero-order valence-corrected chi connectivity index (χ0v) is 12.4. The quantitative estimate of drug-likeness (QED) is 0.870. The maximum absolute atomic E-state index is 5.85. The van der Waals surface area contributed by atoms with Gasteiger partial charge in [-0.1, -0.05) is 19.1 Å². The molecule has 2 aromatic rings. The highest BCUT2D eigenvalue weighted by atomic mass is 16.5. The summed E-state index contributed by atoms with van der Waals surface area (Å²) in [6.45, 7) is 7.82. The third kappa shape index (κ3) is 4.07. The summed E-state index contributed by atoms with van der Waals surface area (Å²) < 4.78 is 5.85. The minimum absolute atomic E-state index is 0.337. The van der Waals surface area contributed by atoms with Crippen LogP contribution in [0, 0.1) is 6.92 Å². The van der Waals surface area contributed by atoms with Crippen LogP contribution in [0.15, 0.2) is 42.7 Å². The Bertz CT molecular complexity index is 554. The van der Waals surface area contributed by atoms with E-state index in [9.17, 15) is 0 Å². The fraction of sp³-hybridized carbons (Fsp3) is 0.353. The van der Waals surface area contributed by atoms with E-state index in [2.05, 4.69) is 42.3 Å². The van der Waals surface area contributed by atoms with Crippen LogP contribution >= 0.6 is 0 Å². The van der Waals surface area contributed by atoms with Crippen LogP contribution in [0.5, 0.6) is 5.75 Å². The number of nitrogens with one attached hydrogen (secondary N) is 1. The van der Waals surface area contributed by atoms with Gasteiger partial charge in [-0.15, -0.1) is 0 Å². The standard InChI is InChI=1S/C17H22N2O/c1-4-19-14(3)16-6-5-7-17(9-16)20-12-15-8-13(2)10-18-11-15/h5-11,14,19H,4,12H2,1-3H3. The Balaban J connectivity index is 2.01. The first-order valence-electron chi connectivity index (χ1n) is 7.05. The summed E-state index contributed by atoms with van der Waals surface area (Å²) in [5, 5.41) is 3.40. The number of ether oxygens (including phenoxy) is 1. The Morgan fingerprint density at radius 2 is 2.10 bits per heavy atom. The van der Waals surface area contributed by atoms with Crippen LogP contribution in [0.4, 0.5) is 0 Å².